The van der Waals surface area contributed by atoms with Crippen LogP contribution in [0, 0.1) is 5.92 Å². The van der Waals surface area contributed by atoms with Gasteiger partial charge >= 0.3 is 0 Å². The van der Waals surface area contributed by atoms with Gasteiger partial charge in [-0.05, 0) is 30.0 Å². The summed E-state index contributed by atoms with van der Waals surface area (Å²) in [6.45, 7) is 7.48. The molecule has 118 valence electrons. The van der Waals surface area contributed by atoms with Crippen LogP contribution in [0.4, 0.5) is 0 Å². The van der Waals surface area contributed by atoms with Crippen molar-refractivity contribution in [3.63, 3.8) is 0 Å². The van der Waals surface area contributed by atoms with Gasteiger partial charge in [-0.15, -0.1) is 0 Å². The summed E-state index contributed by atoms with van der Waals surface area (Å²) >= 11 is 5.86. The number of rotatable bonds is 8. The number of guanidine groups is 1. The van der Waals surface area contributed by atoms with Gasteiger partial charge in [-0.1, -0.05) is 37.6 Å². The lowest BCUT2D eigenvalue weighted by atomic mass is 10.2. The number of aliphatic imine (C=N–C) groups is 1. The van der Waals surface area contributed by atoms with Gasteiger partial charge in [0.15, 0.2) is 5.96 Å². The Morgan fingerprint density at radius 1 is 1.24 bits per heavy atom. The Morgan fingerprint density at radius 3 is 2.57 bits per heavy atom. The minimum absolute atomic E-state index is 0.590. The molecule has 0 fully saturated rings. The molecule has 0 amide bonds. The zero-order valence-corrected chi connectivity index (χ0v) is 13.9. The van der Waals surface area contributed by atoms with E-state index in [4.69, 9.17) is 16.3 Å². The van der Waals surface area contributed by atoms with Crippen LogP contribution in [0.2, 0.25) is 5.02 Å². The van der Waals surface area contributed by atoms with Crippen LogP contribution >= 0.6 is 11.6 Å². The van der Waals surface area contributed by atoms with Crippen molar-refractivity contribution in [3.8, 4) is 0 Å². The summed E-state index contributed by atoms with van der Waals surface area (Å²) < 4.78 is 5.54. The fourth-order valence-electron chi connectivity index (χ4n) is 1.71. The Morgan fingerprint density at radius 2 is 1.95 bits per heavy atom. The number of nitrogens with one attached hydrogen (secondary N) is 2. The molecule has 0 aliphatic carbocycles. The number of hydrogen-bond acceptors (Lipinski definition) is 2. The summed E-state index contributed by atoms with van der Waals surface area (Å²) in [5, 5.41) is 7.29. The van der Waals surface area contributed by atoms with Gasteiger partial charge < -0.3 is 15.4 Å². The standard InChI is InChI=1S/C16H26ClN3O/c1-13(2)12-21-10-4-9-19-16(18-3)20-11-14-5-7-15(17)8-6-14/h5-8,13H,4,9-12H2,1-3H3,(H2,18,19,20). The maximum Gasteiger partial charge on any atom is 0.191 e. The van der Waals surface area contributed by atoms with Gasteiger partial charge in [0.05, 0.1) is 0 Å². The maximum absolute atomic E-state index is 5.86. The van der Waals surface area contributed by atoms with Crippen LogP contribution in [0.3, 0.4) is 0 Å². The van der Waals surface area contributed by atoms with E-state index in [1.54, 1.807) is 7.05 Å². The average Bonchev–Trinajstić information content (AvgIpc) is 2.47. The molecule has 0 heterocycles. The first-order valence-electron chi connectivity index (χ1n) is 7.38. The Hall–Kier alpha value is -1.26. The number of halogens is 1. The van der Waals surface area contributed by atoms with E-state index < -0.39 is 0 Å². The highest BCUT2D eigenvalue weighted by Crippen LogP contribution is 2.08. The summed E-state index contributed by atoms with van der Waals surface area (Å²) in [6.07, 6.45) is 0.967. The van der Waals surface area contributed by atoms with E-state index in [2.05, 4.69) is 29.5 Å². The van der Waals surface area contributed by atoms with Gasteiger partial charge in [0.1, 0.15) is 0 Å². The zero-order chi connectivity index (χ0) is 15.5. The van der Waals surface area contributed by atoms with E-state index in [0.29, 0.717) is 5.92 Å². The van der Waals surface area contributed by atoms with E-state index in [9.17, 15) is 0 Å². The molecule has 0 atom stereocenters. The molecule has 1 rings (SSSR count). The number of hydrogen-bond donors (Lipinski definition) is 2. The van der Waals surface area contributed by atoms with Crippen molar-refractivity contribution in [2.45, 2.75) is 26.8 Å². The maximum atomic E-state index is 5.86. The molecular formula is C16H26ClN3O. The summed E-state index contributed by atoms with van der Waals surface area (Å²) in [5.41, 5.74) is 1.17. The molecule has 1 aromatic rings. The summed E-state index contributed by atoms with van der Waals surface area (Å²) in [5.74, 6) is 1.39. The first-order valence-corrected chi connectivity index (χ1v) is 7.76. The smallest absolute Gasteiger partial charge is 0.191 e. The largest absolute Gasteiger partial charge is 0.381 e. The Bertz CT molecular complexity index is 418. The topological polar surface area (TPSA) is 45.7 Å². The number of benzene rings is 1. The van der Waals surface area contributed by atoms with Crippen molar-refractivity contribution in [2.75, 3.05) is 26.8 Å². The highest BCUT2D eigenvalue weighted by Gasteiger charge is 1.99. The van der Waals surface area contributed by atoms with Gasteiger partial charge in [0.2, 0.25) is 0 Å². The van der Waals surface area contributed by atoms with Gasteiger partial charge in [-0.2, -0.15) is 0 Å². The fourth-order valence-corrected chi connectivity index (χ4v) is 1.83. The molecule has 0 aromatic heterocycles. The molecule has 0 radical (unpaired) electrons. The minimum atomic E-state index is 0.590. The predicted octanol–water partition coefficient (Wildman–Crippen LogP) is 3.07. The summed E-state index contributed by atoms with van der Waals surface area (Å²) in [6, 6.07) is 7.78. The van der Waals surface area contributed by atoms with E-state index in [1.807, 2.05) is 24.3 Å². The molecule has 0 aliphatic heterocycles. The summed E-state index contributed by atoms with van der Waals surface area (Å²) in [7, 11) is 1.77. The van der Waals surface area contributed by atoms with Crippen LogP contribution in [0.15, 0.2) is 29.3 Å². The Kier molecular flexibility index (Phi) is 8.87. The van der Waals surface area contributed by atoms with E-state index >= 15 is 0 Å². The van der Waals surface area contributed by atoms with Gasteiger partial charge in [-0.3, -0.25) is 4.99 Å². The molecule has 4 nitrogen and oxygen atoms in total. The Labute approximate surface area is 132 Å². The monoisotopic (exact) mass is 311 g/mol. The molecule has 0 unspecified atom stereocenters. The van der Waals surface area contributed by atoms with Gasteiger partial charge in [0.25, 0.3) is 0 Å². The van der Waals surface area contributed by atoms with Crippen LogP contribution in [-0.4, -0.2) is 32.8 Å². The third kappa shape index (κ3) is 8.58. The van der Waals surface area contributed by atoms with E-state index in [-0.39, 0.29) is 0 Å². The van der Waals surface area contributed by atoms with Crippen LogP contribution in [0.25, 0.3) is 0 Å². The Balaban J connectivity index is 2.16. The average molecular weight is 312 g/mol. The number of ether oxygens (including phenoxy) is 1. The molecule has 5 heteroatoms. The van der Waals surface area contributed by atoms with Crippen LogP contribution in [0.5, 0.6) is 0 Å². The predicted molar refractivity (Wildman–Crippen MR) is 89.9 cm³/mol. The molecule has 21 heavy (non-hydrogen) atoms. The molecule has 0 saturated carbocycles. The second kappa shape index (κ2) is 10.5. The van der Waals surface area contributed by atoms with Crippen molar-refractivity contribution in [3.05, 3.63) is 34.9 Å². The van der Waals surface area contributed by atoms with E-state index in [0.717, 1.165) is 43.7 Å². The highest BCUT2D eigenvalue weighted by molar-refractivity contribution is 6.30. The third-order valence-corrected chi connectivity index (χ3v) is 3.06. The van der Waals surface area contributed by atoms with Crippen molar-refractivity contribution in [1.82, 2.24) is 10.6 Å². The third-order valence-electron chi connectivity index (χ3n) is 2.81. The molecule has 1 aromatic carbocycles. The first kappa shape index (κ1) is 17.8. The van der Waals surface area contributed by atoms with Crippen molar-refractivity contribution in [1.29, 1.82) is 0 Å². The molecule has 0 bridgehead atoms. The summed E-state index contributed by atoms with van der Waals surface area (Å²) in [4.78, 5) is 4.19. The van der Waals surface area contributed by atoms with Crippen LogP contribution in [-0.2, 0) is 11.3 Å². The van der Waals surface area contributed by atoms with Gasteiger partial charge in [-0.25, -0.2) is 0 Å². The van der Waals surface area contributed by atoms with Crippen molar-refractivity contribution in [2.24, 2.45) is 10.9 Å². The second-order valence-corrected chi connectivity index (χ2v) is 5.74. The quantitative estimate of drug-likeness (QED) is 0.440. The molecule has 0 saturated heterocycles. The van der Waals surface area contributed by atoms with Crippen molar-refractivity contribution >= 4 is 17.6 Å². The van der Waals surface area contributed by atoms with Crippen LogP contribution < -0.4 is 10.6 Å². The van der Waals surface area contributed by atoms with Gasteiger partial charge in [0, 0.05) is 38.4 Å². The normalized spacial score (nSPS) is 11.8. The lowest BCUT2D eigenvalue weighted by Gasteiger charge is -2.12. The molecular weight excluding hydrogens is 286 g/mol. The van der Waals surface area contributed by atoms with Crippen LogP contribution in [0.1, 0.15) is 25.8 Å². The second-order valence-electron chi connectivity index (χ2n) is 5.30. The molecule has 2 N–H and O–H groups in total. The molecule has 0 aliphatic rings. The SMILES string of the molecule is CN=C(NCCCOCC(C)C)NCc1ccc(Cl)cc1. The van der Waals surface area contributed by atoms with Crippen molar-refractivity contribution < 1.29 is 4.74 Å². The van der Waals surface area contributed by atoms with E-state index in [1.165, 1.54) is 5.56 Å². The minimum Gasteiger partial charge on any atom is -0.381 e. The number of nitrogens with zero attached hydrogens (tertiary/aromatic N) is 1. The highest BCUT2D eigenvalue weighted by atomic mass is 35.5. The lowest BCUT2D eigenvalue weighted by molar-refractivity contribution is 0.108. The lowest BCUT2D eigenvalue weighted by Crippen LogP contribution is -2.37. The molecule has 0 spiro atoms. The zero-order valence-electron chi connectivity index (χ0n) is 13.2. The fraction of sp³-hybridized carbons (Fsp3) is 0.562. The first-order chi connectivity index (χ1) is 10.1.